The lowest BCUT2D eigenvalue weighted by Gasteiger charge is -2.00. The molecule has 0 spiro atoms. The van der Waals surface area contributed by atoms with Gasteiger partial charge in [0.15, 0.2) is 6.54 Å². The molecule has 0 saturated carbocycles. The second-order valence-corrected chi connectivity index (χ2v) is 3.70. The molecular weight excluding hydrogens is 228 g/mol. The molecule has 8 nitrogen and oxygen atoms in total. The molecule has 0 aliphatic rings. The molecule has 0 aliphatic carbocycles. The minimum atomic E-state index is -1.06. The number of nitrogens with zero attached hydrogens (tertiary/aromatic N) is 3. The molecule has 2 aromatic heterocycles. The largest absolute Gasteiger partial charge is 0.478 e. The first-order valence-electron chi connectivity index (χ1n) is 4.82. The number of carboxylic acids is 1. The van der Waals surface area contributed by atoms with Crippen molar-refractivity contribution in [1.82, 2.24) is 14.1 Å². The molecule has 2 aromatic rings. The molecule has 2 rings (SSSR count). The number of carbonyl (C=O) groups is 1. The SMILES string of the molecule is Cn1c(=O)c2c([nH]c[n+]2CC(=O)O)n(C)c1=O. The van der Waals surface area contributed by atoms with E-state index in [9.17, 15) is 14.4 Å². The van der Waals surface area contributed by atoms with Gasteiger partial charge < -0.3 is 5.11 Å². The minimum Gasteiger partial charge on any atom is -0.478 e. The number of carboxylic acid groups (broad SMARTS) is 1. The summed E-state index contributed by atoms with van der Waals surface area (Å²) in [5, 5.41) is 8.72. The van der Waals surface area contributed by atoms with Crippen molar-refractivity contribution in [2.75, 3.05) is 0 Å². The van der Waals surface area contributed by atoms with Gasteiger partial charge in [0, 0.05) is 14.1 Å². The molecule has 8 heteroatoms. The van der Waals surface area contributed by atoms with Crippen molar-refractivity contribution in [3.8, 4) is 0 Å². The van der Waals surface area contributed by atoms with Crippen LogP contribution < -0.4 is 15.8 Å². The first kappa shape index (κ1) is 11.1. The monoisotopic (exact) mass is 239 g/mol. The summed E-state index contributed by atoms with van der Waals surface area (Å²) in [4.78, 5) is 36.9. The number of H-pyrrole nitrogens is 1. The molecule has 0 saturated heterocycles. The summed E-state index contributed by atoms with van der Waals surface area (Å²) in [5.74, 6) is -1.06. The smallest absolute Gasteiger partial charge is 0.346 e. The van der Waals surface area contributed by atoms with E-state index >= 15 is 0 Å². The third-order valence-corrected chi connectivity index (χ3v) is 2.59. The van der Waals surface area contributed by atoms with E-state index in [1.165, 1.54) is 29.6 Å². The second-order valence-electron chi connectivity index (χ2n) is 3.70. The van der Waals surface area contributed by atoms with Crippen LogP contribution in [0.3, 0.4) is 0 Å². The lowest BCUT2D eigenvalue weighted by atomic mass is 10.5. The number of aromatic nitrogens is 4. The van der Waals surface area contributed by atoms with E-state index in [2.05, 4.69) is 4.98 Å². The fraction of sp³-hybridized carbons (Fsp3) is 0.333. The summed E-state index contributed by atoms with van der Waals surface area (Å²) in [6.07, 6.45) is 1.36. The maximum atomic E-state index is 11.9. The standard InChI is InChI=1S/C9H10N4O4/c1-11-7-6(8(16)12(2)9(11)17)13(4-10-7)3-5(14)15/h4H,3H2,1-2H3,(H,14,15)/p+1. The normalized spacial score (nSPS) is 10.9. The highest BCUT2D eigenvalue weighted by molar-refractivity contribution is 5.68. The Hall–Kier alpha value is -2.38. The molecule has 0 aliphatic heterocycles. The van der Waals surface area contributed by atoms with Crippen molar-refractivity contribution in [3.05, 3.63) is 27.2 Å². The van der Waals surface area contributed by atoms with Crippen LogP contribution in [0.25, 0.3) is 11.2 Å². The number of aliphatic carboxylic acids is 1. The van der Waals surface area contributed by atoms with Gasteiger partial charge in [0.25, 0.3) is 11.2 Å². The fourth-order valence-corrected chi connectivity index (χ4v) is 1.72. The molecule has 0 aromatic carbocycles. The Balaban J connectivity index is 2.90. The highest BCUT2D eigenvalue weighted by Crippen LogP contribution is 1.97. The molecular formula is C9H11N4O4+. The molecule has 17 heavy (non-hydrogen) atoms. The van der Waals surface area contributed by atoms with Crippen LogP contribution in [-0.2, 0) is 25.4 Å². The molecule has 0 amide bonds. The number of hydrogen-bond acceptors (Lipinski definition) is 3. The maximum Gasteiger partial charge on any atom is 0.346 e. The highest BCUT2D eigenvalue weighted by Gasteiger charge is 2.21. The van der Waals surface area contributed by atoms with Crippen molar-refractivity contribution in [2.45, 2.75) is 6.54 Å². The van der Waals surface area contributed by atoms with Crippen LogP contribution in [0.15, 0.2) is 15.9 Å². The van der Waals surface area contributed by atoms with E-state index in [1.54, 1.807) is 0 Å². The van der Waals surface area contributed by atoms with E-state index in [0.717, 1.165) is 4.57 Å². The van der Waals surface area contributed by atoms with E-state index in [4.69, 9.17) is 5.11 Å². The van der Waals surface area contributed by atoms with Crippen LogP contribution in [0.5, 0.6) is 0 Å². The summed E-state index contributed by atoms with van der Waals surface area (Å²) < 4.78 is 3.46. The van der Waals surface area contributed by atoms with E-state index in [0.29, 0.717) is 5.65 Å². The van der Waals surface area contributed by atoms with E-state index in [1.807, 2.05) is 0 Å². The van der Waals surface area contributed by atoms with Crippen molar-refractivity contribution < 1.29 is 14.5 Å². The van der Waals surface area contributed by atoms with Crippen molar-refractivity contribution in [3.63, 3.8) is 0 Å². The van der Waals surface area contributed by atoms with Crippen LogP contribution in [0.2, 0.25) is 0 Å². The first-order valence-corrected chi connectivity index (χ1v) is 4.82. The van der Waals surface area contributed by atoms with Gasteiger partial charge in [0.05, 0.1) is 0 Å². The molecule has 0 bridgehead atoms. The van der Waals surface area contributed by atoms with Crippen LogP contribution in [0, 0.1) is 0 Å². The van der Waals surface area contributed by atoms with E-state index < -0.39 is 17.2 Å². The van der Waals surface area contributed by atoms with Gasteiger partial charge in [-0.15, -0.1) is 0 Å². The number of aromatic amines is 1. The Bertz CT molecular complexity index is 721. The number of hydrogen-bond donors (Lipinski definition) is 2. The zero-order valence-electron chi connectivity index (χ0n) is 9.30. The summed E-state index contributed by atoms with van der Waals surface area (Å²) in [7, 11) is 2.86. The average molecular weight is 239 g/mol. The molecule has 90 valence electrons. The van der Waals surface area contributed by atoms with Crippen molar-refractivity contribution in [1.29, 1.82) is 0 Å². The Morgan fingerprint density at radius 1 is 1.41 bits per heavy atom. The van der Waals surface area contributed by atoms with Crippen LogP contribution >= 0.6 is 0 Å². The first-order chi connectivity index (χ1) is 7.93. The lowest BCUT2D eigenvalue weighted by Crippen LogP contribution is -2.45. The summed E-state index contributed by atoms with van der Waals surface area (Å²) in [5.41, 5.74) is -0.520. The topological polar surface area (TPSA) is 101 Å². The van der Waals surface area contributed by atoms with Gasteiger partial charge >= 0.3 is 17.2 Å². The van der Waals surface area contributed by atoms with Gasteiger partial charge in [0.1, 0.15) is 0 Å². The third-order valence-electron chi connectivity index (χ3n) is 2.59. The highest BCUT2D eigenvalue weighted by atomic mass is 16.4. The predicted octanol–water partition coefficient (Wildman–Crippen LogP) is -2.06. The number of imidazole rings is 1. The predicted molar refractivity (Wildman–Crippen MR) is 56.6 cm³/mol. The maximum absolute atomic E-state index is 11.9. The number of nitrogens with one attached hydrogen (secondary N) is 1. The molecule has 0 fully saturated rings. The van der Waals surface area contributed by atoms with Crippen LogP contribution in [0.4, 0.5) is 0 Å². The van der Waals surface area contributed by atoms with E-state index in [-0.39, 0.29) is 12.1 Å². The molecule has 0 atom stereocenters. The third kappa shape index (κ3) is 1.53. The van der Waals surface area contributed by atoms with Crippen LogP contribution in [0.1, 0.15) is 0 Å². The van der Waals surface area contributed by atoms with Gasteiger partial charge in [-0.05, 0) is 0 Å². The second kappa shape index (κ2) is 3.58. The Morgan fingerprint density at radius 2 is 2.06 bits per heavy atom. The summed E-state index contributed by atoms with van der Waals surface area (Å²) in [6, 6.07) is 0. The Labute approximate surface area is 94.3 Å². The van der Waals surface area contributed by atoms with Gasteiger partial charge in [-0.3, -0.25) is 13.9 Å². The molecule has 2 N–H and O–H groups in total. The summed E-state index contributed by atoms with van der Waals surface area (Å²) >= 11 is 0. The molecule has 0 unspecified atom stereocenters. The minimum absolute atomic E-state index is 0.164. The zero-order chi connectivity index (χ0) is 12.7. The number of aryl methyl sites for hydroxylation is 1. The zero-order valence-corrected chi connectivity index (χ0v) is 9.30. The van der Waals surface area contributed by atoms with Crippen molar-refractivity contribution >= 4 is 17.1 Å². The number of fused-ring (bicyclic) bond motifs is 1. The lowest BCUT2D eigenvalue weighted by molar-refractivity contribution is -0.660. The van der Waals surface area contributed by atoms with Gasteiger partial charge in [-0.2, -0.15) is 0 Å². The van der Waals surface area contributed by atoms with Gasteiger partial charge in [-0.25, -0.2) is 19.1 Å². The molecule has 0 radical (unpaired) electrons. The number of rotatable bonds is 2. The quantitative estimate of drug-likeness (QED) is 0.588. The van der Waals surface area contributed by atoms with Gasteiger partial charge in [0.2, 0.25) is 6.33 Å². The Kier molecular flexibility index (Phi) is 2.34. The summed E-state index contributed by atoms with van der Waals surface area (Å²) in [6.45, 7) is -0.340. The molecule has 2 heterocycles. The fourth-order valence-electron chi connectivity index (χ4n) is 1.72. The van der Waals surface area contributed by atoms with Crippen molar-refractivity contribution in [2.24, 2.45) is 14.1 Å². The average Bonchev–Trinajstić information content (AvgIpc) is 2.66. The van der Waals surface area contributed by atoms with Gasteiger partial charge in [-0.1, -0.05) is 0 Å². The Morgan fingerprint density at radius 3 is 2.65 bits per heavy atom. The van der Waals surface area contributed by atoms with Crippen LogP contribution in [-0.4, -0.2) is 25.2 Å².